The predicted molar refractivity (Wildman–Crippen MR) is 94.3 cm³/mol. The minimum absolute atomic E-state index is 0.288. The molecule has 2 fully saturated rings. The fraction of sp³-hybridized carbons (Fsp3) is 0.684. The van der Waals surface area contributed by atoms with Gasteiger partial charge in [0, 0.05) is 25.2 Å². The van der Waals surface area contributed by atoms with E-state index < -0.39 is 0 Å². The number of likely N-dealkylation sites (tertiary alicyclic amines) is 2. The number of nitrogens with zero attached hydrogens (tertiary/aromatic N) is 2. The second-order valence-corrected chi connectivity index (χ2v) is 7.18. The van der Waals surface area contributed by atoms with Gasteiger partial charge >= 0.3 is 0 Å². The Morgan fingerprint density at radius 2 is 1.83 bits per heavy atom. The lowest BCUT2D eigenvalue weighted by molar-refractivity contribution is 0.153. The third-order valence-corrected chi connectivity index (χ3v) is 5.50. The van der Waals surface area contributed by atoms with E-state index in [1.54, 1.807) is 0 Å². The number of aliphatic hydroxyl groups excluding tert-OH is 1. The first kappa shape index (κ1) is 16.9. The molecule has 2 aliphatic rings. The minimum Gasteiger partial charge on any atom is -0.395 e. The zero-order valence-corrected chi connectivity index (χ0v) is 14.4. The summed E-state index contributed by atoms with van der Waals surface area (Å²) in [5.74, 6) is 0. The maximum Gasteiger partial charge on any atom is 0.0587 e. The maximum atomic E-state index is 9.52. The first-order chi connectivity index (χ1) is 11.3. The SMILES string of the molecule is CN1CCC(NCc2ccccc2CN2CCCC2CO)CC1. The lowest BCUT2D eigenvalue weighted by Crippen LogP contribution is -2.40. The Labute approximate surface area is 140 Å². The Kier molecular flexibility index (Phi) is 6.06. The standard InChI is InChI=1S/C19H31N3O/c1-21-11-8-18(9-12-21)20-13-16-5-2-3-6-17(16)14-22-10-4-7-19(22)15-23/h2-3,5-6,18-20,23H,4,7-15H2,1H3. The van der Waals surface area contributed by atoms with Crippen LogP contribution in [-0.2, 0) is 13.1 Å². The lowest BCUT2D eigenvalue weighted by Gasteiger charge is -2.30. The first-order valence-corrected chi connectivity index (χ1v) is 9.10. The number of hydrogen-bond donors (Lipinski definition) is 2. The third kappa shape index (κ3) is 4.54. The highest BCUT2D eigenvalue weighted by atomic mass is 16.3. The quantitative estimate of drug-likeness (QED) is 0.840. The highest BCUT2D eigenvalue weighted by Crippen LogP contribution is 2.21. The van der Waals surface area contributed by atoms with E-state index >= 15 is 0 Å². The van der Waals surface area contributed by atoms with Crippen LogP contribution in [0.2, 0.25) is 0 Å². The van der Waals surface area contributed by atoms with Gasteiger partial charge < -0.3 is 15.3 Å². The fourth-order valence-corrected chi connectivity index (χ4v) is 3.88. The zero-order chi connectivity index (χ0) is 16.1. The van der Waals surface area contributed by atoms with Crippen molar-refractivity contribution in [3.05, 3.63) is 35.4 Å². The second kappa shape index (κ2) is 8.25. The fourth-order valence-electron chi connectivity index (χ4n) is 3.88. The van der Waals surface area contributed by atoms with Crippen LogP contribution in [0.3, 0.4) is 0 Å². The Morgan fingerprint density at radius 3 is 2.57 bits per heavy atom. The van der Waals surface area contributed by atoms with Gasteiger partial charge in [-0.3, -0.25) is 4.90 Å². The Bertz CT molecular complexity index is 485. The van der Waals surface area contributed by atoms with Gasteiger partial charge in [-0.15, -0.1) is 0 Å². The van der Waals surface area contributed by atoms with Crippen LogP contribution in [0, 0.1) is 0 Å². The van der Waals surface area contributed by atoms with Crippen molar-refractivity contribution in [3.8, 4) is 0 Å². The van der Waals surface area contributed by atoms with Gasteiger partial charge in [-0.2, -0.15) is 0 Å². The van der Waals surface area contributed by atoms with Gasteiger partial charge in [0.2, 0.25) is 0 Å². The monoisotopic (exact) mass is 317 g/mol. The molecule has 1 atom stereocenters. The Balaban J connectivity index is 1.57. The summed E-state index contributed by atoms with van der Waals surface area (Å²) in [7, 11) is 2.21. The number of aliphatic hydroxyl groups is 1. The molecule has 0 bridgehead atoms. The summed E-state index contributed by atoms with van der Waals surface area (Å²) in [5.41, 5.74) is 2.82. The van der Waals surface area contributed by atoms with Gasteiger partial charge in [0.15, 0.2) is 0 Å². The molecule has 0 amide bonds. The molecule has 4 heteroatoms. The summed E-state index contributed by atoms with van der Waals surface area (Å²) in [4.78, 5) is 4.85. The maximum absolute atomic E-state index is 9.52. The van der Waals surface area contributed by atoms with E-state index in [4.69, 9.17) is 0 Å². The van der Waals surface area contributed by atoms with Gasteiger partial charge in [-0.1, -0.05) is 24.3 Å². The van der Waals surface area contributed by atoms with Crippen molar-refractivity contribution in [2.45, 2.75) is 50.9 Å². The molecule has 1 unspecified atom stereocenters. The smallest absolute Gasteiger partial charge is 0.0587 e. The van der Waals surface area contributed by atoms with E-state index in [1.807, 2.05) is 0 Å². The van der Waals surface area contributed by atoms with Gasteiger partial charge in [0.25, 0.3) is 0 Å². The summed E-state index contributed by atoms with van der Waals surface area (Å²) >= 11 is 0. The summed E-state index contributed by atoms with van der Waals surface area (Å²) < 4.78 is 0. The summed E-state index contributed by atoms with van der Waals surface area (Å²) in [6.07, 6.45) is 4.84. The van der Waals surface area contributed by atoms with Crippen molar-refractivity contribution >= 4 is 0 Å². The topological polar surface area (TPSA) is 38.7 Å². The van der Waals surface area contributed by atoms with Crippen LogP contribution >= 0.6 is 0 Å². The molecule has 2 aliphatic heterocycles. The van der Waals surface area contributed by atoms with Crippen LogP contribution in [0.5, 0.6) is 0 Å². The second-order valence-electron chi connectivity index (χ2n) is 7.18. The average molecular weight is 317 g/mol. The highest BCUT2D eigenvalue weighted by Gasteiger charge is 2.24. The third-order valence-electron chi connectivity index (χ3n) is 5.50. The number of hydrogen-bond acceptors (Lipinski definition) is 4. The average Bonchev–Trinajstić information content (AvgIpc) is 3.03. The van der Waals surface area contributed by atoms with Crippen LogP contribution in [0.1, 0.15) is 36.8 Å². The number of nitrogens with one attached hydrogen (secondary N) is 1. The minimum atomic E-state index is 0.288. The molecule has 1 aromatic carbocycles. The zero-order valence-electron chi connectivity index (χ0n) is 14.4. The van der Waals surface area contributed by atoms with Crippen LogP contribution in [-0.4, -0.2) is 60.3 Å². The molecule has 128 valence electrons. The van der Waals surface area contributed by atoms with Crippen molar-refractivity contribution in [2.75, 3.05) is 33.3 Å². The molecule has 3 rings (SSSR count). The molecule has 2 N–H and O–H groups in total. The lowest BCUT2D eigenvalue weighted by atomic mass is 10.0. The number of rotatable bonds is 6. The van der Waals surface area contributed by atoms with E-state index in [2.05, 4.69) is 46.4 Å². The molecule has 2 heterocycles. The molecular weight excluding hydrogens is 286 g/mol. The van der Waals surface area contributed by atoms with Crippen molar-refractivity contribution in [1.82, 2.24) is 15.1 Å². The summed E-state index contributed by atoms with van der Waals surface area (Å²) in [6, 6.07) is 9.78. The molecule has 0 aliphatic carbocycles. The van der Waals surface area contributed by atoms with E-state index in [1.165, 1.54) is 43.5 Å². The first-order valence-electron chi connectivity index (χ1n) is 9.10. The van der Waals surface area contributed by atoms with Gasteiger partial charge in [0.1, 0.15) is 0 Å². The highest BCUT2D eigenvalue weighted by molar-refractivity contribution is 5.27. The molecule has 0 saturated carbocycles. The van der Waals surface area contributed by atoms with Crippen molar-refractivity contribution in [1.29, 1.82) is 0 Å². The summed E-state index contributed by atoms with van der Waals surface area (Å²) in [5, 5.41) is 13.3. The van der Waals surface area contributed by atoms with Gasteiger partial charge in [0.05, 0.1) is 6.61 Å². The molecule has 0 aromatic heterocycles. The molecular formula is C19H31N3O. The number of piperidine rings is 1. The van der Waals surface area contributed by atoms with Crippen molar-refractivity contribution in [3.63, 3.8) is 0 Å². The van der Waals surface area contributed by atoms with Crippen molar-refractivity contribution in [2.24, 2.45) is 0 Å². The van der Waals surface area contributed by atoms with Crippen LogP contribution < -0.4 is 5.32 Å². The Morgan fingerprint density at radius 1 is 1.09 bits per heavy atom. The normalized spacial score (nSPS) is 24.3. The largest absolute Gasteiger partial charge is 0.395 e. The summed E-state index contributed by atoms with van der Waals surface area (Å²) in [6.45, 7) is 5.73. The van der Waals surface area contributed by atoms with E-state index in [0.717, 1.165) is 26.1 Å². The Hall–Kier alpha value is -0.940. The molecule has 1 aromatic rings. The molecule has 0 spiro atoms. The van der Waals surface area contributed by atoms with Gasteiger partial charge in [-0.05, 0) is 63.5 Å². The van der Waals surface area contributed by atoms with E-state index in [0.29, 0.717) is 12.1 Å². The van der Waals surface area contributed by atoms with E-state index in [-0.39, 0.29) is 6.61 Å². The van der Waals surface area contributed by atoms with E-state index in [9.17, 15) is 5.11 Å². The molecule has 2 saturated heterocycles. The number of benzene rings is 1. The molecule has 23 heavy (non-hydrogen) atoms. The molecule has 0 radical (unpaired) electrons. The van der Waals surface area contributed by atoms with Crippen LogP contribution in [0.4, 0.5) is 0 Å². The van der Waals surface area contributed by atoms with Crippen molar-refractivity contribution < 1.29 is 5.11 Å². The predicted octanol–water partition coefficient (Wildman–Crippen LogP) is 1.83. The van der Waals surface area contributed by atoms with Crippen LogP contribution in [0.25, 0.3) is 0 Å². The van der Waals surface area contributed by atoms with Gasteiger partial charge in [-0.25, -0.2) is 0 Å². The molecule has 4 nitrogen and oxygen atoms in total. The van der Waals surface area contributed by atoms with Crippen LogP contribution in [0.15, 0.2) is 24.3 Å².